The molecule has 0 saturated carbocycles. The standard InChI is InChI=1S/C16H18F2N2O/c1-10(2)19-8-12-6-14(18)9-20-16(12)21-15-7-13(17)5-4-11(15)3/h4-7,9-10,19H,8H2,1-3H3. The fraction of sp³-hybridized carbons (Fsp3) is 0.312. The molecule has 2 aromatic rings. The van der Waals surface area contributed by atoms with E-state index in [0.29, 0.717) is 17.9 Å². The molecule has 0 spiro atoms. The lowest BCUT2D eigenvalue weighted by atomic mass is 10.2. The topological polar surface area (TPSA) is 34.1 Å². The van der Waals surface area contributed by atoms with Crippen LogP contribution in [-0.2, 0) is 6.54 Å². The van der Waals surface area contributed by atoms with Crippen LogP contribution in [-0.4, -0.2) is 11.0 Å². The first kappa shape index (κ1) is 15.4. The molecule has 21 heavy (non-hydrogen) atoms. The number of nitrogens with one attached hydrogen (secondary N) is 1. The molecule has 0 saturated heterocycles. The second kappa shape index (κ2) is 6.63. The van der Waals surface area contributed by atoms with Gasteiger partial charge in [-0.15, -0.1) is 0 Å². The minimum atomic E-state index is -0.432. The van der Waals surface area contributed by atoms with E-state index in [1.165, 1.54) is 18.2 Å². The van der Waals surface area contributed by atoms with Crippen molar-refractivity contribution in [3.63, 3.8) is 0 Å². The number of aromatic nitrogens is 1. The van der Waals surface area contributed by atoms with Gasteiger partial charge in [0, 0.05) is 24.2 Å². The van der Waals surface area contributed by atoms with E-state index in [2.05, 4.69) is 10.3 Å². The fourth-order valence-corrected chi connectivity index (χ4v) is 1.79. The normalized spacial score (nSPS) is 11.0. The Morgan fingerprint density at radius 3 is 2.67 bits per heavy atom. The molecule has 112 valence electrons. The number of nitrogens with zero attached hydrogens (tertiary/aromatic N) is 1. The number of rotatable bonds is 5. The van der Waals surface area contributed by atoms with E-state index in [-0.39, 0.29) is 17.7 Å². The second-order valence-corrected chi connectivity index (χ2v) is 5.17. The zero-order valence-electron chi connectivity index (χ0n) is 12.3. The highest BCUT2D eigenvalue weighted by Crippen LogP contribution is 2.27. The predicted molar refractivity (Wildman–Crippen MR) is 77.4 cm³/mol. The fourth-order valence-electron chi connectivity index (χ4n) is 1.79. The quantitative estimate of drug-likeness (QED) is 0.905. The molecular weight excluding hydrogens is 274 g/mol. The molecule has 1 N–H and O–H groups in total. The van der Waals surface area contributed by atoms with Gasteiger partial charge in [-0.25, -0.2) is 13.8 Å². The molecule has 0 unspecified atom stereocenters. The third-order valence-electron chi connectivity index (χ3n) is 2.95. The number of halogens is 2. The second-order valence-electron chi connectivity index (χ2n) is 5.17. The zero-order chi connectivity index (χ0) is 15.4. The van der Waals surface area contributed by atoms with E-state index < -0.39 is 5.82 Å². The minimum Gasteiger partial charge on any atom is -0.438 e. The van der Waals surface area contributed by atoms with Gasteiger partial charge in [0.1, 0.15) is 17.4 Å². The number of benzene rings is 1. The van der Waals surface area contributed by atoms with Crippen LogP contribution in [0, 0.1) is 18.6 Å². The Kier molecular flexibility index (Phi) is 4.85. The molecule has 0 fully saturated rings. The van der Waals surface area contributed by atoms with Crippen molar-refractivity contribution in [2.45, 2.75) is 33.4 Å². The van der Waals surface area contributed by atoms with E-state index in [0.717, 1.165) is 11.8 Å². The maximum Gasteiger partial charge on any atom is 0.223 e. The number of hydrogen-bond donors (Lipinski definition) is 1. The van der Waals surface area contributed by atoms with Crippen molar-refractivity contribution >= 4 is 0 Å². The van der Waals surface area contributed by atoms with Crippen molar-refractivity contribution in [1.82, 2.24) is 10.3 Å². The molecule has 1 heterocycles. The van der Waals surface area contributed by atoms with Crippen molar-refractivity contribution in [1.29, 1.82) is 0 Å². The van der Waals surface area contributed by atoms with Crippen LogP contribution in [0.25, 0.3) is 0 Å². The van der Waals surface area contributed by atoms with Crippen LogP contribution in [0.15, 0.2) is 30.5 Å². The van der Waals surface area contributed by atoms with Gasteiger partial charge in [-0.2, -0.15) is 0 Å². The highest BCUT2D eigenvalue weighted by atomic mass is 19.1. The zero-order valence-corrected chi connectivity index (χ0v) is 12.3. The number of hydrogen-bond acceptors (Lipinski definition) is 3. The summed E-state index contributed by atoms with van der Waals surface area (Å²) >= 11 is 0. The first-order valence-electron chi connectivity index (χ1n) is 6.77. The summed E-state index contributed by atoms with van der Waals surface area (Å²) in [5, 5.41) is 3.18. The molecule has 5 heteroatoms. The Bertz CT molecular complexity index is 630. The Morgan fingerprint density at radius 1 is 1.19 bits per heavy atom. The van der Waals surface area contributed by atoms with Crippen LogP contribution >= 0.6 is 0 Å². The van der Waals surface area contributed by atoms with E-state index >= 15 is 0 Å². The lowest BCUT2D eigenvalue weighted by molar-refractivity contribution is 0.439. The molecule has 2 rings (SSSR count). The first-order chi connectivity index (χ1) is 9.95. The average Bonchev–Trinajstić information content (AvgIpc) is 2.43. The average molecular weight is 292 g/mol. The molecule has 0 amide bonds. The summed E-state index contributed by atoms with van der Waals surface area (Å²) in [6, 6.07) is 5.89. The molecule has 1 aromatic heterocycles. The highest BCUT2D eigenvalue weighted by Gasteiger charge is 2.11. The Balaban J connectivity index is 2.28. The summed E-state index contributed by atoms with van der Waals surface area (Å²) in [6.45, 7) is 6.21. The summed E-state index contributed by atoms with van der Waals surface area (Å²) in [5.41, 5.74) is 1.37. The van der Waals surface area contributed by atoms with Gasteiger partial charge in [0.15, 0.2) is 0 Å². The summed E-state index contributed by atoms with van der Waals surface area (Å²) < 4.78 is 32.3. The Hall–Kier alpha value is -2.01. The van der Waals surface area contributed by atoms with Gasteiger partial charge in [-0.3, -0.25) is 0 Å². The molecule has 1 aromatic carbocycles. The third-order valence-corrected chi connectivity index (χ3v) is 2.95. The number of ether oxygens (including phenoxy) is 1. The lowest BCUT2D eigenvalue weighted by Crippen LogP contribution is -2.22. The van der Waals surface area contributed by atoms with E-state index in [1.54, 1.807) is 6.07 Å². The highest BCUT2D eigenvalue weighted by molar-refractivity contribution is 5.38. The van der Waals surface area contributed by atoms with Crippen molar-refractivity contribution in [2.24, 2.45) is 0 Å². The largest absolute Gasteiger partial charge is 0.438 e. The van der Waals surface area contributed by atoms with Crippen LogP contribution in [0.4, 0.5) is 8.78 Å². The summed E-state index contributed by atoms with van der Waals surface area (Å²) in [5.74, 6) is -0.170. The summed E-state index contributed by atoms with van der Waals surface area (Å²) in [6.07, 6.45) is 1.09. The molecule has 0 aliphatic rings. The van der Waals surface area contributed by atoms with Gasteiger partial charge in [-0.05, 0) is 24.6 Å². The van der Waals surface area contributed by atoms with Crippen LogP contribution in [0.1, 0.15) is 25.0 Å². The molecule has 0 atom stereocenters. The van der Waals surface area contributed by atoms with Crippen LogP contribution in [0.3, 0.4) is 0 Å². The molecule has 0 bridgehead atoms. The number of aryl methyl sites for hydroxylation is 1. The Morgan fingerprint density at radius 2 is 1.95 bits per heavy atom. The Labute approximate surface area is 123 Å². The first-order valence-corrected chi connectivity index (χ1v) is 6.77. The van der Waals surface area contributed by atoms with Gasteiger partial charge in [0.05, 0.1) is 6.20 Å². The van der Waals surface area contributed by atoms with E-state index in [4.69, 9.17) is 4.74 Å². The molecular formula is C16H18F2N2O. The van der Waals surface area contributed by atoms with Crippen molar-refractivity contribution in [3.05, 3.63) is 53.2 Å². The van der Waals surface area contributed by atoms with Gasteiger partial charge in [-0.1, -0.05) is 19.9 Å². The summed E-state index contributed by atoms with van der Waals surface area (Å²) in [4.78, 5) is 3.96. The van der Waals surface area contributed by atoms with Gasteiger partial charge >= 0.3 is 0 Å². The minimum absolute atomic E-state index is 0.247. The predicted octanol–water partition coefficient (Wildman–Crippen LogP) is 3.96. The van der Waals surface area contributed by atoms with Crippen LogP contribution < -0.4 is 10.1 Å². The monoisotopic (exact) mass is 292 g/mol. The van der Waals surface area contributed by atoms with Crippen LogP contribution in [0.2, 0.25) is 0 Å². The SMILES string of the molecule is Cc1ccc(F)cc1Oc1ncc(F)cc1CNC(C)C. The van der Waals surface area contributed by atoms with Gasteiger partial charge in [0.25, 0.3) is 0 Å². The summed E-state index contributed by atoms with van der Waals surface area (Å²) in [7, 11) is 0. The van der Waals surface area contributed by atoms with Crippen molar-refractivity contribution in [2.75, 3.05) is 0 Å². The van der Waals surface area contributed by atoms with E-state index in [1.807, 2.05) is 20.8 Å². The molecule has 0 aliphatic heterocycles. The maximum atomic E-state index is 13.3. The third kappa shape index (κ3) is 4.23. The number of pyridine rings is 1. The molecule has 3 nitrogen and oxygen atoms in total. The van der Waals surface area contributed by atoms with Crippen molar-refractivity contribution in [3.8, 4) is 11.6 Å². The molecule has 0 radical (unpaired) electrons. The van der Waals surface area contributed by atoms with Gasteiger partial charge < -0.3 is 10.1 Å². The van der Waals surface area contributed by atoms with E-state index in [9.17, 15) is 8.78 Å². The molecule has 0 aliphatic carbocycles. The van der Waals surface area contributed by atoms with Crippen LogP contribution in [0.5, 0.6) is 11.6 Å². The lowest BCUT2D eigenvalue weighted by Gasteiger charge is -2.13. The smallest absolute Gasteiger partial charge is 0.223 e. The van der Waals surface area contributed by atoms with Crippen molar-refractivity contribution < 1.29 is 13.5 Å². The maximum absolute atomic E-state index is 13.3. The van der Waals surface area contributed by atoms with Gasteiger partial charge in [0.2, 0.25) is 5.88 Å².